The number of thiocarbonyl (C=S) groups is 1. The van der Waals surface area contributed by atoms with Crippen molar-refractivity contribution in [2.24, 2.45) is 5.73 Å². The van der Waals surface area contributed by atoms with Crippen LogP contribution in [-0.4, -0.2) is 4.99 Å². The van der Waals surface area contributed by atoms with Crippen LogP contribution >= 0.6 is 12.2 Å². The molecule has 0 aliphatic rings. The maximum absolute atomic E-state index is 5.72. The maximum Gasteiger partial charge on any atom is 0.119 e. The monoisotopic (exact) mass is 257 g/mol. The lowest BCUT2D eigenvalue weighted by Crippen LogP contribution is -2.13. The quantitative estimate of drug-likeness (QED) is 0.854. The van der Waals surface area contributed by atoms with Crippen LogP contribution in [0.3, 0.4) is 0 Å². The Kier molecular flexibility index (Phi) is 3.95. The Hall–Kier alpha value is -1.87. The van der Waals surface area contributed by atoms with Crippen molar-refractivity contribution >= 4 is 17.2 Å². The number of aryl methyl sites for hydroxylation is 1. The van der Waals surface area contributed by atoms with Crippen LogP contribution in [0.25, 0.3) is 0 Å². The van der Waals surface area contributed by atoms with Gasteiger partial charge in [0, 0.05) is 5.56 Å². The van der Waals surface area contributed by atoms with E-state index in [1.165, 1.54) is 5.56 Å². The molecule has 2 aromatic rings. The molecule has 0 saturated heterocycles. The van der Waals surface area contributed by atoms with E-state index in [1.54, 1.807) is 0 Å². The zero-order chi connectivity index (χ0) is 13.0. The van der Waals surface area contributed by atoms with Crippen molar-refractivity contribution in [3.8, 4) is 5.75 Å². The third-order valence-electron chi connectivity index (χ3n) is 2.70. The molecule has 2 N–H and O–H groups in total. The summed E-state index contributed by atoms with van der Waals surface area (Å²) in [5, 5.41) is 0. The van der Waals surface area contributed by atoms with Gasteiger partial charge >= 0.3 is 0 Å². The topological polar surface area (TPSA) is 35.2 Å². The van der Waals surface area contributed by atoms with Gasteiger partial charge in [0.2, 0.25) is 0 Å². The molecule has 0 aromatic heterocycles. The van der Waals surface area contributed by atoms with Gasteiger partial charge in [-0.1, -0.05) is 54.2 Å². The maximum atomic E-state index is 5.72. The van der Waals surface area contributed by atoms with Crippen molar-refractivity contribution in [3.05, 3.63) is 65.2 Å². The standard InChI is InChI=1S/C15H15NOS/c1-11-6-8-13(9-7-11)17-10-12-4-2-3-5-14(12)15(16)18/h2-9H,10H2,1H3,(H2,16,18). The molecule has 0 saturated carbocycles. The highest BCUT2D eigenvalue weighted by molar-refractivity contribution is 7.80. The van der Waals surface area contributed by atoms with Crippen LogP contribution in [0.2, 0.25) is 0 Å². The van der Waals surface area contributed by atoms with E-state index in [9.17, 15) is 0 Å². The minimum absolute atomic E-state index is 0.401. The van der Waals surface area contributed by atoms with Crippen molar-refractivity contribution in [1.29, 1.82) is 0 Å². The fraction of sp³-hybridized carbons (Fsp3) is 0.133. The van der Waals surface area contributed by atoms with E-state index < -0.39 is 0 Å². The molecular weight excluding hydrogens is 242 g/mol. The summed E-state index contributed by atoms with van der Waals surface area (Å²) in [6.07, 6.45) is 0. The van der Waals surface area contributed by atoms with Gasteiger partial charge in [-0.2, -0.15) is 0 Å². The highest BCUT2D eigenvalue weighted by atomic mass is 32.1. The molecule has 0 bridgehead atoms. The number of benzene rings is 2. The molecule has 0 spiro atoms. The zero-order valence-electron chi connectivity index (χ0n) is 10.2. The van der Waals surface area contributed by atoms with Crippen LogP contribution in [0.4, 0.5) is 0 Å². The Balaban J connectivity index is 2.10. The summed E-state index contributed by atoms with van der Waals surface area (Å²) in [5.41, 5.74) is 8.77. The molecule has 0 heterocycles. The van der Waals surface area contributed by atoms with Gasteiger partial charge in [-0.25, -0.2) is 0 Å². The van der Waals surface area contributed by atoms with E-state index in [1.807, 2.05) is 55.5 Å². The third-order valence-corrected chi connectivity index (χ3v) is 2.92. The summed E-state index contributed by atoms with van der Waals surface area (Å²) >= 11 is 5.02. The average molecular weight is 257 g/mol. The van der Waals surface area contributed by atoms with Gasteiger partial charge in [0.05, 0.1) is 0 Å². The molecule has 0 aliphatic heterocycles. The normalized spacial score (nSPS) is 10.1. The molecule has 0 aliphatic carbocycles. The second-order valence-corrected chi connectivity index (χ2v) is 4.56. The molecule has 0 atom stereocenters. The van der Waals surface area contributed by atoms with Crippen LogP contribution in [0.15, 0.2) is 48.5 Å². The molecule has 0 radical (unpaired) electrons. The van der Waals surface area contributed by atoms with Crippen LogP contribution in [-0.2, 0) is 6.61 Å². The van der Waals surface area contributed by atoms with Gasteiger partial charge in [0.15, 0.2) is 0 Å². The first-order valence-electron chi connectivity index (χ1n) is 5.74. The van der Waals surface area contributed by atoms with Crippen LogP contribution < -0.4 is 10.5 Å². The van der Waals surface area contributed by atoms with Crippen molar-refractivity contribution in [2.45, 2.75) is 13.5 Å². The van der Waals surface area contributed by atoms with Gasteiger partial charge in [-0.05, 0) is 24.6 Å². The van der Waals surface area contributed by atoms with Gasteiger partial charge in [0.1, 0.15) is 17.3 Å². The smallest absolute Gasteiger partial charge is 0.119 e. The Morgan fingerprint density at radius 3 is 2.44 bits per heavy atom. The molecular formula is C15H15NOS. The van der Waals surface area contributed by atoms with E-state index >= 15 is 0 Å². The average Bonchev–Trinajstić information content (AvgIpc) is 2.38. The largest absolute Gasteiger partial charge is 0.489 e. The Morgan fingerprint density at radius 1 is 1.11 bits per heavy atom. The molecule has 3 heteroatoms. The van der Waals surface area contributed by atoms with Crippen LogP contribution in [0.1, 0.15) is 16.7 Å². The van der Waals surface area contributed by atoms with E-state index in [2.05, 4.69) is 0 Å². The first-order chi connectivity index (χ1) is 8.66. The van der Waals surface area contributed by atoms with Gasteiger partial charge in [0.25, 0.3) is 0 Å². The summed E-state index contributed by atoms with van der Waals surface area (Å²) in [4.78, 5) is 0.401. The minimum Gasteiger partial charge on any atom is -0.489 e. The van der Waals surface area contributed by atoms with Crippen molar-refractivity contribution in [1.82, 2.24) is 0 Å². The molecule has 2 aromatic carbocycles. The van der Waals surface area contributed by atoms with Gasteiger partial charge < -0.3 is 10.5 Å². The summed E-state index contributed by atoms with van der Waals surface area (Å²) in [5.74, 6) is 0.846. The van der Waals surface area contributed by atoms with Crippen LogP contribution in [0, 0.1) is 6.92 Å². The fourth-order valence-corrected chi connectivity index (χ4v) is 1.88. The first kappa shape index (κ1) is 12.6. The highest BCUT2D eigenvalue weighted by Gasteiger charge is 2.04. The molecule has 0 fully saturated rings. The van der Waals surface area contributed by atoms with Crippen molar-refractivity contribution in [2.75, 3.05) is 0 Å². The lowest BCUT2D eigenvalue weighted by atomic mass is 10.1. The third kappa shape index (κ3) is 3.08. The van der Waals surface area contributed by atoms with E-state index in [-0.39, 0.29) is 0 Å². The summed E-state index contributed by atoms with van der Waals surface area (Å²) in [7, 11) is 0. The SMILES string of the molecule is Cc1ccc(OCc2ccccc2C(N)=S)cc1. The Bertz CT molecular complexity index is 549. The second kappa shape index (κ2) is 5.65. The summed E-state index contributed by atoms with van der Waals surface area (Å²) in [6, 6.07) is 15.7. The van der Waals surface area contributed by atoms with E-state index in [4.69, 9.17) is 22.7 Å². The van der Waals surface area contributed by atoms with E-state index in [0.29, 0.717) is 11.6 Å². The number of nitrogens with two attached hydrogens (primary N) is 1. The predicted molar refractivity (Wildman–Crippen MR) is 77.8 cm³/mol. The number of rotatable bonds is 4. The second-order valence-electron chi connectivity index (χ2n) is 4.12. The van der Waals surface area contributed by atoms with Crippen LogP contribution in [0.5, 0.6) is 5.75 Å². The predicted octanol–water partition coefficient (Wildman–Crippen LogP) is 3.21. The summed E-state index contributed by atoms with van der Waals surface area (Å²) in [6.45, 7) is 2.52. The molecule has 0 amide bonds. The Morgan fingerprint density at radius 2 is 1.78 bits per heavy atom. The molecule has 2 rings (SSSR count). The molecule has 92 valence electrons. The number of ether oxygens (including phenoxy) is 1. The number of hydrogen-bond donors (Lipinski definition) is 1. The minimum atomic E-state index is 0.401. The van der Waals surface area contributed by atoms with Gasteiger partial charge in [-0.15, -0.1) is 0 Å². The van der Waals surface area contributed by atoms with Crippen molar-refractivity contribution < 1.29 is 4.74 Å². The van der Waals surface area contributed by atoms with Crippen molar-refractivity contribution in [3.63, 3.8) is 0 Å². The lowest BCUT2D eigenvalue weighted by molar-refractivity contribution is 0.306. The zero-order valence-corrected chi connectivity index (χ0v) is 11.0. The van der Waals surface area contributed by atoms with Gasteiger partial charge in [-0.3, -0.25) is 0 Å². The fourth-order valence-electron chi connectivity index (χ4n) is 1.68. The molecule has 2 nitrogen and oxygen atoms in total. The number of hydrogen-bond acceptors (Lipinski definition) is 2. The highest BCUT2D eigenvalue weighted by Crippen LogP contribution is 2.15. The Labute approximate surface area is 112 Å². The first-order valence-corrected chi connectivity index (χ1v) is 6.15. The summed E-state index contributed by atoms with van der Waals surface area (Å²) < 4.78 is 5.72. The lowest BCUT2D eigenvalue weighted by Gasteiger charge is -2.10. The molecule has 18 heavy (non-hydrogen) atoms. The molecule has 0 unspecified atom stereocenters. The van der Waals surface area contributed by atoms with E-state index in [0.717, 1.165) is 16.9 Å².